The van der Waals surface area contributed by atoms with E-state index in [9.17, 15) is 13.2 Å². The van der Waals surface area contributed by atoms with E-state index in [1.165, 1.54) is 59.0 Å². The molecular formula is C25H43NO5S. The van der Waals surface area contributed by atoms with E-state index < -0.39 is 10.1 Å². The molecule has 0 aromatic heterocycles. The summed E-state index contributed by atoms with van der Waals surface area (Å²) in [6, 6.07) is 5.21. The molecule has 0 unspecified atom stereocenters. The molecule has 184 valence electrons. The van der Waals surface area contributed by atoms with E-state index in [-0.39, 0.29) is 23.5 Å². The molecule has 7 heteroatoms. The standard InChI is InChI=1S/C25H43NO5S/c1-6-8-9-10-11-12-13-14-15-16-25(27)26(21(3)4)20-22-17-18-23(30-5)24(19-22)31-32(28,29)7-2/h17-19,21H,6-16,20H2,1-5H3. The van der Waals surface area contributed by atoms with Crippen LogP contribution in [0.5, 0.6) is 11.5 Å². The first-order valence-corrected chi connectivity index (χ1v) is 13.7. The molecular weight excluding hydrogens is 426 g/mol. The third-order valence-corrected chi connectivity index (χ3v) is 6.73. The molecule has 0 spiro atoms. The summed E-state index contributed by atoms with van der Waals surface area (Å²) in [5, 5.41) is 0. The monoisotopic (exact) mass is 469 g/mol. The second kappa shape index (κ2) is 15.1. The summed E-state index contributed by atoms with van der Waals surface area (Å²) >= 11 is 0. The molecule has 1 rings (SSSR count). The van der Waals surface area contributed by atoms with Gasteiger partial charge in [-0.1, -0.05) is 64.4 Å². The van der Waals surface area contributed by atoms with Gasteiger partial charge in [0.25, 0.3) is 0 Å². The summed E-state index contributed by atoms with van der Waals surface area (Å²) in [5.41, 5.74) is 0.807. The number of methoxy groups -OCH3 is 1. The second-order valence-electron chi connectivity index (χ2n) is 8.61. The van der Waals surface area contributed by atoms with E-state index in [1.807, 2.05) is 24.8 Å². The molecule has 0 bridgehead atoms. The van der Waals surface area contributed by atoms with E-state index in [1.54, 1.807) is 12.1 Å². The van der Waals surface area contributed by atoms with E-state index in [4.69, 9.17) is 8.92 Å². The minimum Gasteiger partial charge on any atom is -0.493 e. The Bertz CT molecular complexity index is 777. The van der Waals surface area contributed by atoms with Crippen molar-refractivity contribution in [1.82, 2.24) is 4.90 Å². The number of carbonyl (C=O) groups is 1. The summed E-state index contributed by atoms with van der Waals surface area (Å²) in [5.74, 6) is 0.502. The Morgan fingerprint density at radius 2 is 1.53 bits per heavy atom. The van der Waals surface area contributed by atoms with E-state index in [0.29, 0.717) is 18.7 Å². The Hall–Kier alpha value is -1.76. The molecule has 0 fully saturated rings. The lowest BCUT2D eigenvalue weighted by molar-refractivity contribution is -0.133. The van der Waals surface area contributed by atoms with Crippen LogP contribution in [0.25, 0.3) is 0 Å². The Kier molecular flexibility index (Phi) is 13.4. The maximum Gasteiger partial charge on any atom is 0.309 e. The van der Waals surface area contributed by atoms with Crippen LogP contribution in [0, 0.1) is 0 Å². The summed E-state index contributed by atoms with van der Waals surface area (Å²) in [6.07, 6.45) is 11.5. The van der Waals surface area contributed by atoms with Gasteiger partial charge in [-0.3, -0.25) is 4.79 Å². The average Bonchev–Trinajstić information content (AvgIpc) is 2.76. The van der Waals surface area contributed by atoms with Crippen LogP contribution in [0.3, 0.4) is 0 Å². The zero-order valence-electron chi connectivity index (χ0n) is 20.7. The minimum absolute atomic E-state index is 0.0481. The first kappa shape index (κ1) is 28.3. The van der Waals surface area contributed by atoms with Crippen molar-refractivity contribution in [3.05, 3.63) is 23.8 Å². The van der Waals surface area contributed by atoms with Crippen LogP contribution >= 0.6 is 0 Å². The highest BCUT2D eigenvalue weighted by Gasteiger charge is 2.19. The molecule has 0 saturated carbocycles. The van der Waals surface area contributed by atoms with Gasteiger partial charge in [-0.05, 0) is 44.9 Å². The van der Waals surface area contributed by atoms with Gasteiger partial charge in [0.1, 0.15) is 0 Å². The lowest BCUT2D eigenvalue weighted by atomic mass is 10.1. The lowest BCUT2D eigenvalue weighted by Crippen LogP contribution is -2.36. The number of unbranched alkanes of at least 4 members (excludes halogenated alkanes) is 8. The van der Waals surface area contributed by atoms with Gasteiger partial charge in [0, 0.05) is 19.0 Å². The largest absolute Gasteiger partial charge is 0.493 e. The Morgan fingerprint density at radius 3 is 2.06 bits per heavy atom. The molecule has 0 saturated heterocycles. The maximum absolute atomic E-state index is 12.9. The molecule has 0 aliphatic rings. The third kappa shape index (κ3) is 10.7. The van der Waals surface area contributed by atoms with Gasteiger partial charge < -0.3 is 13.8 Å². The minimum atomic E-state index is -3.67. The van der Waals surface area contributed by atoms with Crippen LogP contribution in [0.4, 0.5) is 0 Å². The van der Waals surface area contributed by atoms with Crippen molar-refractivity contribution in [3.63, 3.8) is 0 Å². The zero-order valence-corrected chi connectivity index (χ0v) is 21.5. The van der Waals surface area contributed by atoms with Crippen molar-refractivity contribution in [2.24, 2.45) is 0 Å². The quantitative estimate of drug-likeness (QED) is 0.204. The van der Waals surface area contributed by atoms with Crippen molar-refractivity contribution >= 4 is 16.0 Å². The van der Waals surface area contributed by atoms with Gasteiger partial charge in [-0.2, -0.15) is 8.42 Å². The molecule has 1 aromatic rings. The number of rotatable bonds is 17. The van der Waals surface area contributed by atoms with E-state index >= 15 is 0 Å². The maximum atomic E-state index is 12.9. The van der Waals surface area contributed by atoms with Crippen molar-refractivity contribution < 1.29 is 22.1 Å². The van der Waals surface area contributed by atoms with Gasteiger partial charge in [0.15, 0.2) is 11.5 Å². The highest BCUT2D eigenvalue weighted by atomic mass is 32.2. The Balaban J connectivity index is 2.62. The zero-order chi connectivity index (χ0) is 24.0. The number of hydrogen-bond donors (Lipinski definition) is 0. The first-order chi connectivity index (χ1) is 15.2. The van der Waals surface area contributed by atoms with Crippen molar-refractivity contribution in [2.45, 2.75) is 104 Å². The fourth-order valence-corrected chi connectivity index (χ4v) is 4.09. The number of benzene rings is 1. The molecule has 0 heterocycles. The number of hydrogen-bond acceptors (Lipinski definition) is 5. The molecule has 0 N–H and O–H groups in total. The van der Waals surface area contributed by atoms with Gasteiger partial charge in [0.2, 0.25) is 5.91 Å². The summed E-state index contributed by atoms with van der Waals surface area (Å²) in [6.45, 7) is 8.15. The fourth-order valence-electron chi connectivity index (χ4n) is 3.57. The van der Waals surface area contributed by atoms with Gasteiger partial charge in [0.05, 0.1) is 12.9 Å². The molecule has 32 heavy (non-hydrogen) atoms. The van der Waals surface area contributed by atoms with Crippen LogP contribution in [-0.2, 0) is 21.5 Å². The van der Waals surface area contributed by atoms with Crippen LogP contribution in [0.2, 0.25) is 0 Å². The fraction of sp³-hybridized carbons (Fsp3) is 0.720. The molecule has 6 nitrogen and oxygen atoms in total. The molecule has 0 aliphatic carbocycles. The van der Waals surface area contributed by atoms with Gasteiger partial charge >= 0.3 is 10.1 Å². The number of carbonyl (C=O) groups excluding carboxylic acids is 1. The first-order valence-electron chi connectivity index (χ1n) is 12.1. The third-order valence-electron chi connectivity index (χ3n) is 5.59. The summed E-state index contributed by atoms with van der Waals surface area (Å²) in [4.78, 5) is 14.7. The highest BCUT2D eigenvalue weighted by Crippen LogP contribution is 2.30. The molecule has 0 radical (unpaired) electrons. The number of amides is 1. The summed E-state index contributed by atoms with van der Waals surface area (Å²) < 4.78 is 34.2. The Labute approximate surface area is 195 Å². The van der Waals surface area contributed by atoms with Crippen LogP contribution < -0.4 is 8.92 Å². The Morgan fingerprint density at radius 1 is 0.938 bits per heavy atom. The topological polar surface area (TPSA) is 72.9 Å². The van der Waals surface area contributed by atoms with Gasteiger partial charge in [-0.25, -0.2) is 0 Å². The molecule has 1 aromatic carbocycles. The number of nitrogens with zero attached hydrogens (tertiary/aromatic N) is 1. The average molecular weight is 470 g/mol. The smallest absolute Gasteiger partial charge is 0.309 e. The van der Waals surface area contributed by atoms with Crippen molar-refractivity contribution in [2.75, 3.05) is 12.9 Å². The molecule has 0 atom stereocenters. The SMILES string of the molecule is CCCCCCCCCCCC(=O)N(Cc1ccc(OC)c(OS(=O)(=O)CC)c1)C(C)C. The van der Waals surface area contributed by atoms with Crippen LogP contribution in [0.1, 0.15) is 97.5 Å². The van der Waals surface area contributed by atoms with Crippen LogP contribution in [-0.4, -0.2) is 38.1 Å². The normalized spacial score (nSPS) is 11.6. The number of ether oxygens (including phenoxy) is 1. The second-order valence-corrected chi connectivity index (χ2v) is 10.5. The van der Waals surface area contributed by atoms with Crippen LogP contribution in [0.15, 0.2) is 18.2 Å². The van der Waals surface area contributed by atoms with E-state index in [2.05, 4.69) is 6.92 Å². The van der Waals surface area contributed by atoms with Crippen molar-refractivity contribution in [1.29, 1.82) is 0 Å². The molecule has 0 aliphatic heterocycles. The van der Waals surface area contributed by atoms with E-state index in [0.717, 1.165) is 18.4 Å². The highest BCUT2D eigenvalue weighted by molar-refractivity contribution is 7.87. The lowest BCUT2D eigenvalue weighted by Gasteiger charge is -2.27. The van der Waals surface area contributed by atoms with Gasteiger partial charge in [-0.15, -0.1) is 0 Å². The molecule has 1 amide bonds. The summed E-state index contributed by atoms with van der Waals surface area (Å²) in [7, 11) is -2.20. The predicted molar refractivity (Wildman–Crippen MR) is 131 cm³/mol. The predicted octanol–water partition coefficient (Wildman–Crippen LogP) is 6.08. The van der Waals surface area contributed by atoms with Crippen molar-refractivity contribution in [3.8, 4) is 11.5 Å².